The number of carboxylic acids is 1. The van der Waals surface area contributed by atoms with Gasteiger partial charge in [0.15, 0.2) is 0 Å². The maximum Gasteiger partial charge on any atom is 0.312 e. The third-order valence-corrected chi connectivity index (χ3v) is 3.46. The number of methoxy groups -OCH3 is 1. The van der Waals surface area contributed by atoms with E-state index in [1.807, 2.05) is 0 Å². The van der Waals surface area contributed by atoms with E-state index in [1.165, 1.54) is 0 Å². The highest BCUT2D eigenvalue weighted by Crippen LogP contribution is 2.39. The molecule has 18 heavy (non-hydrogen) atoms. The minimum atomic E-state index is -0.996. The Hall–Kier alpha value is -0.690. The molecule has 3 unspecified atom stereocenters. The van der Waals surface area contributed by atoms with Gasteiger partial charge in [-0.1, -0.05) is 0 Å². The summed E-state index contributed by atoms with van der Waals surface area (Å²) in [6.45, 7) is 3.12. The van der Waals surface area contributed by atoms with Crippen LogP contribution in [0.25, 0.3) is 0 Å². The second-order valence-electron chi connectivity index (χ2n) is 4.65. The standard InChI is InChI=1S/C12H22O6/c1-9-12(11(14)15,3-4-18-9)7-10(13)8-17-6-5-16-2/h9-10,13H,3-8H2,1-2H3,(H,14,15). The molecule has 1 heterocycles. The molecule has 0 aromatic heterocycles. The monoisotopic (exact) mass is 262 g/mol. The molecular weight excluding hydrogens is 240 g/mol. The van der Waals surface area contributed by atoms with Crippen LogP contribution in [0.4, 0.5) is 0 Å². The van der Waals surface area contributed by atoms with Crippen LogP contribution in [0.3, 0.4) is 0 Å². The fraction of sp³-hybridized carbons (Fsp3) is 0.917. The molecule has 2 N–H and O–H groups in total. The van der Waals surface area contributed by atoms with E-state index in [2.05, 4.69) is 0 Å². The third-order valence-electron chi connectivity index (χ3n) is 3.46. The lowest BCUT2D eigenvalue weighted by molar-refractivity contribution is -0.155. The van der Waals surface area contributed by atoms with Crippen molar-refractivity contribution in [1.29, 1.82) is 0 Å². The second kappa shape index (κ2) is 7.04. The van der Waals surface area contributed by atoms with Crippen molar-refractivity contribution in [2.45, 2.75) is 32.0 Å². The minimum Gasteiger partial charge on any atom is -0.481 e. The lowest BCUT2D eigenvalue weighted by Crippen LogP contribution is -2.41. The largest absolute Gasteiger partial charge is 0.481 e. The molecule has 0 aromatic carbocycles. The lowest BCUT2D eigenvalue weighted by atomic mass is 9.77. The summed E-state index contributed by atoms with van der Waals surface area (Å²) < 4.78 is 15.3. The van der Waals surface area contributed by atoms with Crippen molar-refractivity contribution in [3.63, 3.8) is 0 Å². The van der Waals surface area contributed by atoms with Crippen LogP contribution in [-0.4, -0.2) is 61.9 Å². The van der Waals surface area contributed by atoms with Crippen molar-refractivity contribution in [1.82, 2.24) is 0 Å². The van der Waals surface area contributed by atoms with Gasteiger partial charge in [0.05, 0.1) is 37.4 Å². The van der Waals surface area contributed by atoms with Crippen molar-refractivity contribution >= 4 is 5.97 Å². The zero-order valence-corrected chi connectivity index (χ0v) is 10.9. The number of rotatable bonds is 8. The first kappa shape index (κ1) is 15.4. The molecule has 6 heteroatoms. The number of aliphatic hydroxyl groups excluding tert-OH is 1. The van der Waals surface area contributed by atoms with Gasteiger partial charge in [0.2, 0.25) is 0 Å². The van der Waals surface area contributed by atoms with Crippen molar-refractivity contribution in [3.8, 4) is 0 Å². The quantitative estimate of drug-likeness (QED) is 0.611. The highest BCUT2D eigenvalue weighted by molar-refractivity contribution is 5.75. The van der Waals surface area contributed by atoms with Crippen LogP contribution in [0.1, 0.15) is 19.8 Å². The van der Waals surface area contributed by atoms with E-state index in [1.54, 1.807) is 14.0 Å². The molecule has 0 radical (unpaired) electrons. The van der Waals surface area contributed by atoms with Gasteiger partial charge in [-0.25, -0.2) is 0 Å². The first-order valence-electron chi connectivity index (χ1n) is 6.12. The average Bonchev–Trinajstić information content (AvgIpc) is 2.68. The molecule has 6 nitrogen and oxygen atoms in total. The van der Waals surface area contributed by atoms with Gasteiger partial charge in [-0.05, 0) is 19.8 Å². The highest BCUT2D eigenvalue weighted by atomic mass is 16.5. The number of ether oxygens (including phenoxy) is 3. The molecule has 1 aliphatic heterocycles. The van der Waals surface area contributed by atoms with Gasteiger partial charge in [0, 0.05) is 13.7 Å². The fourth-order valence-electron chi connectivity index (χ4n) is 2.26. The van der Waals surface area contributed by atoms with Crippen LogP contribution in [0.2, 0.25) is 0 Å². The molecule has 3 atom stereocenters. The number of aliphatic carboxylic acids is 1. The maximum absolute atomic E-state index is 11.4. The number of carbonyl (C=O) groups is 1. The van der Waals surface area contributed by atoms with Crippen LogP contribution in [0, 0.1) is 5.41 Å². The molecule has 0 aromatic rings. The number of hydrogen-bond acceptors (Lipinski definition) is 5. The van der Waals surface area contributed by atoms with Gasteiger partial charge >= 0.3 is 5.97 Å². The Bertz CT molecular complexity index is 269. The van der Waals surface area contributed by atoms with Crippen LogP contribution < -0.4 is 0 Å². The lowest BCUT2D eigenvalue weighted by Gasteiger charge is -2.29. The predicted molar refractivity (Wildman–Crippen MR) is 63.4 cm³/mol. The summed E-state index contributed by atoms with van der Waals surface area (Å²) in [5, 5.41) is 19.2. The summed E-state index contributed by atoms with van der Waals surface area (Å²) in [5.74, 6) is -0.913. The Morgan fingerprint density at radius 2 is 2.28 bits per heavy atom. The Labute approximate surface area is 107 Å². The normalized spacial score (nSPS) is 29.4. The summed E-state index contributed by atoms with van der Waals surface area (Å²) in [5.41, 5.74) is -0.996. The Morgan fingerprint density at radius 3 is 2.78 bits per heavy atom. The van der Waals surface area contributed by atoms with E-state index in [0.29, 0.717) is 26.2 Å². The summed E-state index contributed by atoms with van der Waals surface area (Å²) in [6.07, 6.45) is -0.611. The molecule has 0 bridgehead atoms. The first-order valence-corrected chi connectivity index (χ1v) is 6.12. The fourth-order valence-corrected chi connectivity index (χ4v) is 2.26. The summed E-state index contributed by atoms with van der Waals surface area (Å²) in [4.78, 5) is 11.4. The first-order chi connectivity index (χ1) is 8.53. The van der Waals surface area contributed by atoms with Gasteiger partial charge < -0.3 is 24.4 Å². The van der Waals surface area contributed by atoms with E-state index < -0.39 is 17.5 Å². The van der Waals surface area contributed by atoms with Crippen LogP contribution in [0.5, 0.6) is 0 Å². The molecule has 1 saturated heterocycles. The average molecular weight is 262 g/mol. The molecule has 1 aliphatic rings. The molecule has 0 aliphatic carbocycles. The van der Waals surface area contributed by atoms with Crippen molar-refractivity contribution in [2.24, 2.45) is 5.41 Å². The van der Waals surface area contributed by atoms with Gasteiger partial charge in [0.1, 0.15) is 0 Å². The summed E-state index contributed by atoms with van der Waals surface area (Å²) in [6, 6.07) is 0. The molecule has 0 saturated carbocycles. The van der Waals surface area contributed by atoms with Crippen molar-refractivity contribution in [3.05, 3.63) is 0 Å². The third kappa shape index (κ3) is 3.65. The molecule has 1 fully saturated rings. The van der Waals surface area contributed by atoms with Gasteiger partial charge in [0.25, 0.3) is 0 Å². The molecule has 0 spiro atoms. The van der Waals surface area contributed by atoms with Gasteiger partial charge in [-0.2, -0.15) is 0 Å². The van der Waals surface area contributed by atoms with E-state index in [0.717, 1.165) is 0 Å². The van der Waals surface area contributed by atoms with Gasteiger partial charge in [-0.15, -0.1) is 0 Å². The van der Waals surface area contributed by atoms with E-state index in [4.69, 9.17) is 14.2 Å². The van der Waals surface area contributed by atoms with Crippen molar-refractivity contribution in [2.75, 3.05) is 33.5 Å². The number of aliphatic hydroxyl groups is 1. The minimum absolute atomic E-state index is 0.116. The zero-order valence-electron chi connectivity index (χ0n) is 10.9. The maximum atomic E-state index is 11.4. The highest BCUT2D eigenvalue weighted by Gasteiger charge is 2.49. The van der Waals surface area contributed by atoms with E-state index in [-0.39, 0.29) is 19.1 Å². The van der Waals surface area contributed by atoms with E-state index in [9.17, 15) is 15.0 Å². The van der Waals surface area contributed by atoms with E-state index >= 15 is 0 Å². The molecule has 0 amide bonds. The van der Waals surface area contributed by atoms with Crippen LogP contribution in [0.15, 0.2) is 0 Å². The molecule has 1 rings (SSSR count). The zero-order chi connectivity index (χ0) is 13.6. The van der Waals surface area contributed by atoms with Crippen LogP contribution in [-0.2, 0) is 19.0 Å². The van der Waals surface area contributed by atoms with Gasteiger partial charge in [-0.3, -0.25) is 4.79 Å². The predicted octanol–water partition coefficient (Wildman–Crippen LogP) is 0.280. The summed E-state index contributed by atoms with van der Waals surface area (Å²) in [7, 11) is 1.57. The Morgan fingerprint density at radius 1 is 1.56 bits per heavy atom. The second-order valence-corrected chi connectivity index (χ2v) is 4.65. The van der Waals surface area contributed by atoms with Crippen LogP contribution >= 0.6 is 0 Å². The molecule has 106 valence electrons. The smallest absolute Gasteiger partial charge is 0.312 e. The Kier molecular flexibility index (Phi) is 6.01. The SMILES string of the molecule is COCCOCC(O)CC1(C(=O)O)CCOC1C. The molecular formula is C12H22O6. The summed E-state index contributed by atoms with van der Waals surface area (Å²) >= 11 is 0. The van der Waals surface area contributed by atoms with Crippen molar-refractivity contribution < 1.29 is 29.2 Å². The number of hydrogen-bond donors (Lipinski definition) is 2. The topological polar surface area (TPSA) is 85.2 Å². The Balaban J connectivity index is 2.44. The number of carboxylic acid groups (broad SMARTS) is 1.